The van der Waals surface area contributed by atoms with Crippen molar-refractivity contribution in [3.05, 3.63) is 60.7 Å². The molecule has 122 valence electrons. The van der Waals surface area contributed by atoms with Crippen LogP contribution in [0.25, 0.3) is 32.7 Å². The summed E-state index contributed by atoms with van der Waals surface area (Å²) in [4.78, 5) is 0. The van der Waals surface area contributed by atoms with Gasteiger partial charge in [-0.2, -0.15) is 0 Å². The van der Waals surface area contributed by atoms with E-state index in [1.54, 1.807) is 12.1 Å². The van der Waals surface area contributed by atoms with Crippen molar-refractivity contribution in [1.82, 2.24) is 0 Å². The summed E-state index contributed by atoms with van der Waals surface area (Å²) in [7, 11) is 0. The minimum absolute atomic E-state index is 0.0533. The number of benzene rings is 4. The molecule has 0 spiro atoms. The fourth-order valence-electron chi connectivity index (χ4n) is 3.56. The maximum atomic E-state index is 10.5. The summed E-state index contributed by atoms with van der Waals surface area (Å²) in [6.07, 6.45) is 0. The maximum absolute atomic E-state index is 10.5. The quantitative estimate of drug-likeness (QED) is 0.486. The Labute approximate surface area is 143 Å². The molecule has 0 aliphatic carbocycles. The minimum Gasteiger partial charge on any atom is -0.504 e. The summed E-state index contributed by atoms with van der Waals surface area (Å²) in [5.41, 5.74) is 1.46. The van der Waals surface area contributed by atoms with E-state index < -0.39 is 0 Å². The summed E-state index contributed by atoms with van der Waals surface area (Å²) < 4.78 is 11.4. The molecule has 5 rings (SSSR count). The predicted octanol–water partition coefficient (Wildman–Crippen LogP) is 4.80. The molecule has 0 saturated carbocycles. The van der Waals surface area contributed by atoms with E-state index >= 15 is 0 Å². The first kappa shape index (κ1) is 14.0. The zero-order valence-electron chi connectivity index (χ0n) is 13.2. The predicted molar refractivity (Wildman–Crippen MR) is 96.3 cm³/mol. The third-order valence-corrected chi connectivity index (χ3v) is 4.62. The van der Waals surface area contributed by atoms with Crippen LogP contribution in [0.2, 0.25) is 0 Å². The van der Waals surface area contributed by atoms with Gasteiger partial charge in [0.1, 0.15) is 0 Å². The summed E-state index contributed by atoms with van der Waals surface area (Å²) in [6, 6.07) is 18.9. The largest absolute Gasteiger partial charge is 0.504 e. The highest BCUT2D eigenvalue weighted by Gasteiger charge is 2.26. The molecule has 4 aromatic rings. The molecule has 0 aromatic heterocycles. The van der Waals surface area contributed by atoms with Crippen molar-refractivity contribution < 1.29 is 19.7 Å². The Bertz CT molecular complexity index is 1060. The van der Waals surface area contributed by atoms with Gasteiger partial charge in [-0.3, -0.25) is 0 Å². The Balaban J connectivity index is 2.05. The van der Waals surface area contributed by atoms with Crippen LogP contribution in [0.4, 0.5) is 0 Å². The second-order valence-corrected chi connectivity index (χ2v) is 6.05. The molecule has 0 fully saturated rings. The van der Waals surface area contributed by atoms with Crippen LogP contribution in [-0.4, -0.2) is 17.0 Å². The number of hydrogen-bond acceptors (Lipinski definition) is 4. The van der Waals surface area contributed by atoms with Crippen molar-refractivity contribution in [1.29, 1.82) is 0 Å². The van der Waals surface area contributed by atoms with E-state index in [1.165, 1.54) is 0 Å². The molecule has 1 aliphatic heterocycles. The standard InChI is InChI=1S/C21H14O4/c22-16-9-12-5-1-3-7-14(12)18-19-15-8-4-2-6-13(15)10-17(23)21(19)25-11-24-20(16)18/h1-10,22-23H,11H2. The average molecular weight is 330 g/mol. The molecule has 4 heteroatoms. The van der Waals surface area contributed by atoms with Gasteiger partial charge in [-0.25, -0.2) is 0 Å². The summed E-state index contributed by atoms with van der Waals surface area (Å²) >= 11 is 0. The van der Waals surface area contributed by atoms with Gasteiger partial charge in [0.15, 0.2) is 23.0 Å². The number of phenolic OH excluding ortho intramolecular Hbond substituents is 2. The van der Waals surface area contributed by atoms with Crippen molar-refractivity contribution in [2.75, 3.05) is 6.79 Å². The lowest BCUT2D eigenvalue weighted by Gasteiger charge is -2.15. The van der Waals surface area contributed by atoms with E-state index in [1.807, 2.05) is 48.5 Å². The summed E-state index contributed by atoms with van der Waals surface area (Å²) in [6.45, 7) is -0.0855. The average Bonchev–Trinajstić information content (AvgIpc) is 2.83. The number of phenols is 2. The molecule has 0 bridgehead atoms. The van der Waals surface area contributed by atoms with Crippen LogP contribution >= 0.6 is 0 Å². The van der Waals surface area contributed by atoms with E-state index in [4.69, 9.17) is 9.47 Å². The second kappa shape index (κ2) is 5.05. The van der Waals surface area contributed by atoms with Crippen LogP contribution in [-0.2, 0) is 0 Å². The normalized spacial score (nSPS) is 12.8. The second-order valence-electron chi connectivity index (χ2n) is 6.05. The Morgan fingerprint density at radius 1 is 0.640 bits per heavy atom. The molecule has 1 heterocycles. The Morgan fingerprint density at radius 2 is 1.08 bits per heavy atom. The molecule has 0 saturated heterocycles. The van der Waals surface area contributed by atoms with Crippen molar-refractivity contribution in [2.45, 2.75) is 0 Å². The SMILES string of the molecule is Oc1cc2ccccc2c2c1OCOc1c(O)cc3ccccc3c1-2. The van der Waals surface area contributed by atoms with Crippen LogP contribution < -0.4 is 9.47 Å². The molecule has 0 radical (unpaired) electrons. The number of rotatable bonds is 0. The van der Waals surface area contributed by atoms with Gasteiger partial charge in [-0.15, -0.1) is 0 Å². The fraction of sp³-hybridized carbons (Fsp3) is 0.0476. The third-order valence-electron chi connectivity index (χ3n) is 4.62. The summed E-state index contributed by atoms with van der Waals surface area (Å²) in [5.74, 6) is 0.844. The van der Waals surface area contributed by atoms with Gasteiger partial charge in [-0.1, -0.05) is 48.5 Å². The molecule has 0 amide bonds. The van der Waals surface area contributed by atoms with Crippen LogP contribution in [0.5, 0.6) is 23.0 Å². The van der Waals surface area contributed by atoms with E-state index in [-0.39, 0.29) is 18.3 Å². The van der Waals surface area contributed by atoms with Crippen molar-refractivity contribution >= 4 is 21.5 Å². The lowest BCUT2D eigenvalue weighted by Crippen LogP contribution is -2.03. The highest BCUT2D eigenvalue weighted by Crippen LogP contribution is 2.52. The first-order chi connectivity index (χ1) is 12.2. The zero-order chi connectivity index (χ0) is 17.0. The monoisotopic (exact) mass is 330 g/mol. The fourth-order valence-corrected chi connectivity index (χ4v) is 3.56. The van der Waals surface area contributed by atoms with E-state index in [0.717, 1.165) is 32.7 Å². The van der Waals surface area contributed by atoms with E-state index in [2.05, 4.69) is 0 Å². The Morgan fingerprint density at radius 3 is 1.56 bits per heavy atom. The number of ether oxygens (including phenoxy) is 2. The third kappa shape index (κ3) is 1.94. The topological polar surface area (TPSA) is 58.9 Å². The highest BCUT2D eigenvalue weighted by molar-refractivity contribution is 6.11. The van der Waals surface area contributed by atoms with Crippen molar-refractivity contribution in [2.24, 2.45) is 0 Å². The van der Waals surface area contributed by atoms with Gasteiger partial charge in [0.2, 0.25) is 6.79 Å². The Kier molecular flexibility index (Phi) is 2.82. The van der Waals surface area contributed by atoms with Gasteiger partial charge in [0.25, 0.3) is 0 Å². The first-order valence-electron chi connectivity index (χ1n) is 7.99. The van der Waals surface area contributed by atoms with Gasteiger partial charge in [-0.05, 0) is 33.7 Å². The Hall–Kier alpha value is -3.40. The van der Waals surface area contributed by atoms with E-state index in [9.17, 15) is 10.2 Å². The molecule has 4 nitrogen and oxygen atoms in total. The van der Waals surface area contributed by atoms with Crippen LogP contribution in [0, 0.1) is 0 Å². The number of fused-ring (bicyclic) bond motifs is 7. The molecular formula is C21H14O4. The molecule has 4 aromatic carbocycles. The lowest BCUT2D eigenvalue weighted by molar-refractivity contribution is 0.118. The van der Waals surface area contributed by atoms with Crippen molar-refractivity contribution in [3.8, 4) is 34.1 Å². The zero-order valence-corrected chi connectivity index (χ0v) is 13.2. The van der Waals surface area contributed by atoms with Gasteiger partial charge >= 0.3 is 0 Å². The van der Waals surface area contributed by atoms with Gasteiger partial charge in [0, 0.05) is 11.1 Å². The summed E-state index contributed by atoms with van der Waals surface area (Å²) in [5, 5.41) is 24.6. The molecule has 0 atom stereocenters. The van der Waals surface area contributed by atoms with Crippen LogP contribution in [0.1, 0.15) is 0 Å². The molecule has 0 unspecified atom stereocenters. The molecular weight excluding hydrogens is 316 g/mol. The molecule has 1 aliphatic rings. The molecule has 25 heavy (non-hydrogen) atoms. The number of hydrogen-bond donors (Lipinski definition) is 2. The van der Waals surface area contributed by atoms with Gasteiger partial charge in [0.05, 0.1) is 0 Å². The van der Waals surface area contributed by atoms with Gasteiger partial charge < -0.3 is 19.7 Å². The van der Waals surface area contributed by atoms with Crippen LogP contribution in [0.3, 0.4) is 0 Å². The smallest absolute Gasteiger partial charge is 0.231 e. The maximum Gasteiger partial charge on any atom is 0.231 e. The van der Waals surface area contributed by atoms with Crippen molar-refractivity contribution in [3.63, 3.8) is 0 Å². The first-order valence-corrected chi connectivity index (χ1v) is 7.99. The van der Waals surface area contributed by atoms with Crippen LogP contribution in [0.15, 0.2) is 60.7 Å². The minimum atomic E-state index is -0.0855. The molecule has 2 N–H and O–H groups in total. The highest BCUT2D eigenvalue weighted by atomic mass is 16.7. The lowest BCUT2D eigenvalue weighted by atomic mass is 9.91. The van der Waals surface area contributed by atoms with E-state index in [0.29, 0.717) is 11.5 Å². The number of aromatic hydroxyl groups is 2.